The summed E-state index contributed by atoms with van der Waals surface area (Å²) in [7, 11) is 0. The summed E-state index contributed by atoms with van der Waals surface area (Å²) in [6.45, 7) is 4.06. The van der Waals surface area contributed by atoms with Gasteiger partial charge >= 0.3 is 0 Å². The van der Waals surface area contributed by atoms with Crippen LogP contribution in [0, 0.1) is 6.92 Å². The lowest BCUT2D eigenvalue weighted by Gasteiger charge is -1.97. The number of nitrogen functional groups attached to an aromatic ring is 1. The summed E-state index contributed by atoms with van der Waals surface area (Å²) in [5, 5.41) is 3.42. The van der Waals surface area contributed by atoms with Crippen molar-refractivity contribution in [2.45, 2.75) is 20.3 Å². The molecule has 1 amide bonds. The van der Waals surface area contributed by atoms with Gasteiger partial charge in [0.2, 0.25) is 5.91 Å². The fourth-order valence-corrected chi connectivity index (χ4v) is 2.64. The van der Waals surface area contributed by atoms with Crippen LogP contribution in [0.15, 0.2) is 30.3 Å². The van der Waals surface area contributed by atoms with Gasteiger partial charge in [-0.25, -0.2) is 4.98 Å². The standard InChI is InChI=1S/C15H17N3OS/c1-3-13-10(2)20-15(17-13)18-14(19)9-6-11-4-7-12(16)8-5-11/h4-9H,3,16H2,1-2H3,(H,17,18,19)/b9-6+. The number of nitrogens with one attached hydrogen (secondary N) is 1. The van der Waals surface area contributed by atoms with Crippen molar-refractivity contribution in [3.8, 4) is 0 Å². The molecule has 0 atom stereocenters. The highest BCUT2D eigenvalue weighted by Gasteiger charge is 2.07. The lowest BCUT2D eigenvalue weighted by molar-refractivity contribution is -0.111. The molecule has 1 heterocycles. The summed E-state index contributed by atoms with van der Waals surface area (Å²) in [4.78, 5) is 17.3. The Bertz CT molecular complexity index is 629. The van der Waals surface area contributed by atoms with E-state index in [0.29, 0.717) is 10.8 Å². The monoisotopic (exact) mass is 287 g/mol. The van der Waals surface area contributed by atoms with Crippen molar-refractivity contribution in [2.75, 3.05) is 11.1 Å². The van der Waals surface area contributed by atoms with Gasteiger partial charge in [-0.05, 0) is 37.1 Å². The van der Waals surface area contributed by atoms with E-state index in [1.165, 1.54) is 17.4 Å². The summed E-state index contributed by atoms with van der Waals surface area (Å²) in [5.41, 5.74) is 8.27. The molecule has 4 nitrogen and oxygen atoms in total. The van der Waals surface area contributed by atoms with Gasteiger partial charge in [-0.2, -0.15) is 0 Å². The first-order chi connectivity index (χ1) is 9.58. The molecule has 3 N–H and O–H groups in total. The maximum absolute atomic E-state index is 11.8. The van der Waals surface area contributed by atoms with E-state index in [1.807, 2.05) is 19.1 Å². The molecular weight excluding hydrogens is 270 g/mol. The van der Waals surface area contributed by atoms with Gasteiger partial charge < -0.3 is 5.73 Å². The van der Waals surface area contributed by atoms with Crippen LogP contribution in [0.4, 0.5) is 10.8 Å². The van der Waals surface area contributed by atoms with Crippen LogP contribution in [0.3, 0.4) is 0 Å². The van der Waals surface area contributed by atoms with E-state index in [1.54, 1.807) is 18.2 Å². The van der Waals surface area contributed by atoms with E-state index >= 15 is 0 Å². The van der Waals surface area contributed by atoms with E-state index in [2.05, 4.69) is 17.2 Å². The van der Waals surface area contributed by atoms with Gasteiger partial charge in [0.1, 0.15) is 0 Å². The Labute approximate surface area is 122 Å². The van der Waals surface area contributed by atoms with E-state index < -0.39 is 0 Å². The van der Waals surface area contributed by atoms with Crippen LogP contribution < -0.4 is 11.1 Å². The number of hydrogen-bond acceptors (Lipinski definition) is 4. The van der Waals surface area contributed by atoms with Gasteiger partial charge in [0, 0.05) is 16.6 Å². The molecule has 2 rings (SSSR count). The van der Waals surface area contributed by atoms with Gasteiger partial charge in [0.15, 0.2) is 5.13 Å². The number of hydrogen-bond donors (Lipinski definition) is 2. The minimum absolute atomic E-state index is 0.182. The number of nitrogens with zero attached hydrogens (tertiary/aromatic N) is 1. The molecule has 0 aliphatic rings. The number of nitrogens with two attached hydrogens (primary N) is 1. The molecule has 0 radical (unpaired) electrons. The Balaban J connectivity index is 1.99. The third kappa shape index (κ3) is 3.68. The van der Waals surface area contributed by atoms with Crippen LogP contribution in [0.25, 0.3) is 6.08 Å². The van der Waals surface area contributed by atoms with Crippen molar-refractivity contribution in [1.29, 1.82) is 0 Å². The highest BCUT2D eigenvalue weighted by atomic mass is 32.1. The Kier molecular flexibility index (Phi) is 4.53. The van der Waals surface area contributed by atoms with Gasteiger partial charge in [-0.1, -0.05) is 19.1 Å². The van der Waals surface area contributed by atoms with Gasteiger partial charge in [-0.15, -0.1) is 11.3 Å². The number of carbonyl (C=O) groups excluding carboxylic acids is 1. The zero-order valence-corrected chi connectivity index (χ0v) is 12.3. The second kappa shape index (κ2) is 6.34. The molecule has 1 aromatic heterocycles. The molecule has 5 heteroatoms. The Morgan fingerprint density at radius 1 is 1.40 bits per heavy atom. The summed E-state index contributed by atoms with van der Waals surface area (Å²) in [6, 6.07) is 7.33. The van der Waals surface area contributed by atoms with Gasteiger partial charge in [-0.3, -0.25) is 10.1 Å². The zero-order chi connectivity index (χ0) is 14.5. The molecule has 0 saturated heterocycles. The Morgan fingerprint density at radius 3 is 2.70 bits per heavy atom. The summed E-state index contributed by atoms with van der Waals surface area (Å²) in [5.74, 6) is -0.182. The zero-order valence-electron chi connectivity index (χ0n) is 11.5. The first-order valence-corrected chi connectivity index (χ1v) is 7.21. The number of benzene rings is 1. The predicted molar refractivity (Wildman–Crippen MR) is 84.7 cm³/mol. The average Bonchev–Trinajstić information content (AvgIpc) is 2.78. The third-order valence-electron chi connectivity index (χ3n) is 2.82. The molecule has 0 bridgehead atoms. The molecular formula is C15H17N3OS. The van der Waals surface area contributed by atoms with Crippen LogP contribution in [-0.4, -0.2) is 10.9 Å². The Morgan fingerprint density at radius 2 is 2.10 bits per heavy atom. The summed E-state index contributed by atoms with van der Waals surface area (Å²) >= 11 is 1.50. The number of rotatable bonds is 4. The van der Waals surface area contributed by atoms with Gasteiger partial charge in [0.25, 0.3) is 0 Å². The summed E-state index contributed by atoms with van der Waals surface area (Å²) in [6.07, 6.45) is 4.11. The fraction of sp³-hybridized carbons (Fsp3) is 0.200. The maximum Gasteiger partial charge on any atom is 0.250 e. The van der Waals surface area contributed by atoms with Crippen molar-refractivity contribution < 1.29 is 4.79 Å². The minimum atomic E-state index is -0.182. The number of anilines is 2. The van der Waals surface area contributed by atoms with E-state index in [-0.39, 0.29) is 5.91 Å². The number of amides is 1. The SMILES string of the molecule is CCc1nc(NC(=O)/C=C/c2ccc(N)cc2)sc1C. The number of thiazole rings is 1. The van der Waals surface area contributed by atoms with Crippen molar-refractivity contribution in [2.24, 2.45) is 0 Å². The topological polar surface area (TPSA) is 68.0 Å². The smallest absolute Gasteiger partial charge is 0.250 e. The number of aromatic nitrogens is 1. The van der Waals surface area contributed by atoms with E-state index in [4.69, 9.17) is 5.73 Å². The first kappa shape index (κ1) is 14.3. The van der Waals surface area contributed by atoms with E-state index in [9.17, 15) is 4.79 Å². The molecule has 0 unspecified atom stereocenters. The lowest BCUT2D eigenvalue weighted by Crippen LogP contribution is -2.07. The highest BCUT2D eigenvalue weighted by Crippen LogP contribution is 2.22. The maximum atomic E-state index is 11.8. The van der Waals surface area contributed by atoms with E-state index in [0.717, 1.165) is 22.6 Å². The first-order valence-electron chi connectivity index (χ1n) is 6.39. The molecule has 0 spiro atoms. The second-order valence-electron chi connectivity index (χ2n) is 4.36. The molecule has 20 heavy (non-hydrogen) atoms. The Hall–Kier alpha value is -2.14. The van der Waals surface area contributed by atoms with Crippen LogP contribution in [0.2, 0.25) is 0 Å². The predicted octanol–water partition coefficient (Wildman–Crippen LogP) is 3.25. The number of carbonyl (C=O) groups is 1. The van der Waals surface area contributed by atoms with Crippen molar-refractivity contribution in [3.63, 3.8) is 0 Å². The molecule has 0 fully saturated rings. The molecule has 0 aliphatic carbocycles. The molecule has 104 valence electrons. The third-order valence-corrected chi connectivity index (χ3v) is 3.75. The molecule has 0 aliphatic heterocycles. The largest absolute Gasteiger partial charge is 0.399 e. The van der Waals surface area contributed by atoms with Crippen molar-refractivity contribution >= 4 is 34.1 Å². The van der Waals surface area contributed by atoms with Crippen LogP contribution in [0.5, 0.6) is 0 Å². The van der Waals surface area contributed by atoms with Crippen molar-refractivity contribution in [1.82, 2.24) is 4.98 Å². The van der Waals surface area contributed by atoms with Crippen LogP contribution in [-0.2, 0) is 11.2 Å². The molecule has 2 aromatic rings. The fourth-order valence-electron chi connectivity index (χ4n) is 1.74. The number of aryl methyl sites for hydroxylation is 2. The average molecular weight is 287 g/mol. The second-order valence-corrected chi connectivity index (χ2v) is 5.57. The van der Waals surface area contributed by atoms with Crippen molar-refractivity contribution in [3.05, 3.63) is 46.5 Å². The quantitative estimate of drug-likeness (QED) is 0.670. The molecule has 0 saturated carbocycles. The molecule has 1 aromatic carbocycles. The lowest BCUT2D eigenvalue weighted by atomic mass is 10.2. The van der Waals surface area contributed by atoms with Crippen LogP contribution in [0.1, 0.15) is 23.1 Å². The normalized spacial score (nSPS) is 10.9. The van der Waals surface area contributed by atoms with Crippen LogP contribution >= 0.6 is 11.3 Å². The summed E-state index contributed by atoms with van der Waals surface area (Å²) < 4.78 is 0. The van der Waals surface area contributed by atoms with Gasteiger partial charge in [0.05, 0.1) is 5.69 Å². The highest BCUT2D eigenvalue weighted by molar-refractivity contribution is 7.15. The minimum Gasteiger partial charge on any atom is -0.399 e.